The maximum absolute atomic E-state index is 11.7. The Morgan fingerprint density at radius 1 is 1.17 bits per heavy atom. The number of hydrogen-bond acceptors (Lipinski definition) is 8. The second-order valence-electron chi connectivity index (χ2n) is 4.32. The van der Waals surface area contributed by atoms with Crippen LogP contribution in [0.25, 0.3) is 0 Å². The first kappa shape index (κ1) is 20.4. The molecule has 1 unspecified atom stereocenters. The van der Waals surface area contributed by atoms with Crippen molar-refractivity contribution in [3.05, 3.63) is 29.8 Å². The molecule has 1 aromatic carbocycles. The van der Waals surface area contributed by atoms with E-state index in [4.69, 9.17) is 13.8 Å². The molecule has 0 aromatic heterocycles. The molecule has 1 atom stereocenters. The van der Waals surface area contributed by atoms with Crippen molar-refractivity contribution in [1.82, 2.24) is 0 Å². The Morgan fingerprint density at radius 2 is 1.83 bits per heavy atom. The minimum atomic E-state index is -2.92. The Morgan fingerprint density at radius 3 is 2.48 bits per heavy atom. The van der Waals surface area contributed by atoms with Gasteiger partial charge in [0.05, 0.1) is 13.2 Å². The minimum Gasteiger partial charge on any atom is -0.507 e. The fourth-order valence-electron chi connectivity index (χ4n) is 1.52. The smallest absolute Gasteiger partial charge is 0.341 e. The number of para-hydroxylation sites is 1. The summed E-state index contributed by atoms with van der Waals surface area (Å²) in [5.74, 6) is 0.637. The Labute approximate surface area is 144 Å². The highest BCUT2D eigenvalue weighted by atomic mass is 33.1. The lowest BCUT2D eigenvalue weighted by Gasteiger charge is -2.12. The number of benzene rings is 1. The van der Waals surface area contributed by atoms with E-state index in [0.29, 0.717) is 24.7 Å². The second kappa shape index (κ2) is 11.0. The molecular weight excluding hydrogens is 359 g/mol. The largest absolute Gasteiger partial charge is 0.507 e. The number of aromatic hydroxyl groups is 1. The van der Waals surface area contributed by atoms with Crippen molar-refractivity contribution in [2.75, 3.05) is 38.0 Å². The average Bonchev–Trinajstić information content (AvgIpc) is 2.50. The Balaban J connectivity index is 2.07. The van der Waals surface area contributed by atoms with Crippen LogP contribution >= 0.6 is 29.2 Å². The quantitative estimate of drug-likeness (QED) is 0.269. The van der Waals surface area contributed by atoms with Crippen LogP contribution in [0.3, 0.4) is 0 Å². The molecule has 0 amide bonds. The van der Waals surface area contributed by atoms with Crippen molar-refractivity contribution >= 4 is 35.2 Å². The molecule has 23 heavy (non-hydrogen) atoms. The van der Waals surface area contributed by atoms with Gasteiger partial charge < -0.3 is 18.9 Å². The summed E-state index contributed by atoms with van der Waals surface area (Å²) in [6.45, 7) is 4.16. The highest BCUT2D eigenvalue weighted by Gasteiger charge is 2.15. The lowest BCUT2D eigenvalue weighted by Crippen LogP contribution is -2.07. The average molecular weight is 380 g/mol. The van der Waals surface area contributed by atoms with Crippen molar-refractivity contribution in [2.45, 2.75) is 6.92 Å². The van der Waals surface area contributed by atoms with E-state index >= 15 is 0 Å². The van der Waals surface area contributed by atoms with Crippen LogP contribution in [0, 0.1) is 0 Å². The molecule has 0 radical (unpaired) electrons. The van der Waals surface area contributed by atoms with Gasteiger partial charge in [-0.1, -0.05) is 33.7 Å². The normalized spacial score (nSPS) is 13.5. The van der Waals surface area contributed by atoms with Crippen molar-refractivity contribution in [3.8, 4) is 5.75 Å². The van der Waals surface area contributed by atoms with Crippen LogP contribution in [0.4, 0.5) is 0 Å². The van der Waals surface area contributed by atoms with Gasteiger partial charge in [-0.3, -0.25) is 4.57 Å². The van der Waals surface area contributed by atoms with E-state index in [1.54, 1.807) is 19.1 Å². The summed E-state index contributed by atoms with van der Waals surface area (Å²) in [5.41, 5.74) is 0.160. The van der Waals surface area contributed by atoms with Gasteiger partial charge in [0.15, 0.2) is 0 Å². The van der Waals surface area contributed by atoms with Crippen LogP contribution < -0.4 is 0 Å². The molecular formula is C14H21O6PS2. The third-order valence-electron chi connectivity index (χ3n) is 2.46. The summed E-state index contributed by atoms with van der Waals surface area (Å²) in [5, 5.41) is 9.53. The van der Waals surface area contributed by atoms with Crippen LogP contribution in [0.5, 0.6) is 5.75 Å². The first-order valence-corrected chi connectivity index (χ1v) is 11.5. The molecule has 130 valence electrons. The highest BCUT2D eigenvalue weighted by molar-refractivity contribution is 8.76. The summed E-state index contributed by atoms with van der Waals surface area (Å²) >= 11 is 0. The number of carbonyl (C=O) groups excluding carboxylic acids is 1. The predicted octanol–water partition coefficient (Wildman–Crippen LogP) is 3.81. The van der Waals surface area contributed by atoms with Gasteiger partial charge in [0, 0.05) is 18.2 Å². The first-order chi connectivity index (χ1) is 11.0. The SMILES string of the molecule is CCOP(C)(=O)OCCSSCCOC(=O)c1ccccc1O. The number of ether oxygens (including phenoxy) is 1. The van der Waals surface area contributed by atoms with Crippen LogP contribution in [0.15, 0.2) is 24.3 Å². The molecule has 1 N–H and O–H groups in total. The van der Waals surface area contributed by atoms with E-state index < -0.39 is 13.6 Å². The lowest BCUT2D eigenvalue weighted by molar-refractivity contribution is 0.0527. The van der Waals surface area contributed by atoms with Gasteiger partial charge in [-0.15, -0.1) is 0 Å². The molecule has 6 nitrogen and oxygen atoms in total. The van der Waals surface area contributed by atoms with Gasteiger partial charge in [-0.05, 0) is 19.1 Å². The number of esters is 1. The molecule has 9 heteroatoms. The van der Waals surface area contributed by atoms with E-state index in [-0.39, 0.29) is 17.9 Å². The Kier molecular flexibility index (Phi) is 9.74. The Hall–Kier alpha value is -0.660. The zero-order valence-corrected chi connectivity index (χ0v) is 15.6. The molecule has 0 aliphatic rings. The van der Waals surface area contributed by atoms with Crippen molar-refractivity contribution in [1.29, 1.82) is 0 Å². The highest BCUT2D eigenvalue weighted by Crippen LogP contribution is 2.43. The molecule has 1 rings (SSSR count). The first-order valence-electron chi connectivity index (χ1n) is 7.02. The number of hydrogen-bond donors (Lipinski definition) is 1. The summed E-state index contributed by atoms with van der Waals surface area (Å²) < 4.78 is 26.9. The fraction of sp³-hybridized carbons (Fsp3) is 0.500. The van der Waals surface area contributed by atoms with Crippen molar-refractivity contribution in [3.63, 3.8) is 0 Å². The monoisotopic (exact) mass is 380 g/mol. The number of rotatable bonds is 11. The molecule has 0 spiro atoms. The summed E-state index contributed by atoms with van der Waals surface area (Å²) in [6.07, 6.45) is 0. The van der Waals surface area contributed by atoms with E-state index in [0.717, 1.165) is 0 Å². The van der Waals surface area contributed by atoms with E-state index in [9.17, 15) is 14.5 Å². The van der Waals surface area contributed by atoms with Crippen molar-refractivity contribution in [2.24, 2.45) is 0 Å². The summed E-state index contributed by atoms with van der Waals surface area (Å²) in [4.78, 5) is 11.7. The zero-order valence-electron chi connectivity index (χ0n) is 13.1. The standard InChI is InChI=1S/C14H21O6PS2/c1-3-19-21(2,17)20-9-11-23-22-10-8-18-14(16)12-6-4-5-7-13(12)15/h4-7,15H,3,8-11H2,1-2H3. The minimum absolute atomic E-state index is 0.0880. The molecule has 0 bridgehead atoms. The second-order valence-corrected chi connectivity index (χ2v) is 9.08. The number of carbonyl (C=O) groups is 1. The maximum Gasteiger partial charge on any atom is 0.341 e. The molecule has 0 aliphatic carbocycles. The predicted molar refractivity (Wildman–Crippen MR) is 94.4 cm³/mol. The molecule has 0 heterocycles. The molecule has 0 saturated heterocycles. The van der Waals surface area contributed by atoms with Crippen molar-refractivity contribution < 1.29 is 28.3 Å². The zero-order chi connectivity index (χ0) is 17.1. The Bertz CT molecular complexity index is 540. The fourth-order valence-corrected chi connectivity index (χ4v) is 4.26. The van der Waals surface area contributed by atoms with Gasteiger partial charge in [0.1, 0.15) is 17.9 Å². The third kappa shape index (κ3) is 8.67. The van der Waals surface area contributed by atoms with Crippen LogP contribution in [0.1, 0.15) is 17.3 Å². The molecule has 0 saturated carbocycles. The number of phenolic OH excluding ortho intramolecular Hbond substituents is 1. The van der Waals surface area contributed by atoms with E-state index in [1.165, 1.54) is 40.4 Å². The third-order valence-corrected chi connectivity index (χ3v) is 6.18. The molecule has 1 aromatic rings. The summed E-state index contributed by atoms with van der Waals surface area (Å²) in [6, 6.07) is 6.26. The van der Waals surface area contributed by atoms with Crippen LogP contribution in [-0.4, -0.2) is 49.1 Å². The van der Waals surface area contributed by atoms with Gasteiger partial charge in [0.25, 0.3) is 0 Å². The van der Waals surface area contributed by atoms with E-state index in [2.05, 4.69) is 0 Å². The van der Waals surface area contributed by atoms with Gasteiger partial charge >= 0.3 is 13.6 Å². The van der Waals surface area contributed by atoms with Crippen LogP contribution in [0.2, 0.25) is 0 Å². The van der Waals surface area contributed by atoms with Gasteiger partial charge in [-0.25, -0.2) is 4.79 Å². The lowest BCUT2D eigenvalue weighted by atomic mass is 10.2. The van der Waals surface area contributed by atoms with Gasteiger partial charge in [0.2, 0.25) is 0 Å². The van der Waals surface area contributed by atoms with Crippen LogP contribution in [-0.2, 0) is 18.3 Å². The molecule has 0 aliphatic heterocycles. The van der Waals surface area contributed by atoms with E-state index in [1.807, 2.05) is 0 Å². The maximum atomic E-state index is 11.7. The topological polar surface area (TPSA) is 82.1 Å². The van der Waals surface area contributed by atoms with Gasteiger partial charge in [-0.2, -0.15) is 0 Å². The number of phenols is 1. The summed E-state index contributed by atoms with van der Waals surface area (Å²) in [7, 11) is 0.141. The molecule has 0 fully saturated rings.